The van der Waals surface area contributed by atoms with E-state index in [1.54, 1.807) is 25.7 Å². The molecule has 4 atom stereocenters. The van der Waals surface area contributed by atoms with Gasteiger partial charge in [0.1, 0.15) is 0 Å². The zero-order chi connectivity index (χ0) is 8.40. The summed E-state index contributed by atoms with van der Waals surface area (Å²) in [5.74, 6) is 2.32. The Labute approximate surface area is 75.7 Å². The first kappa shape index (κ1) is 7.41. The van der Waals surface area contributed by atoms with Gasteiger partial charge in [-0.25, -0.2) is 0 Å². The Morgan fingerprint density at radius 3 is 2.67 bits per heavy atom. The SMILES string of the molecule is CCCC12CC(CC)C3CC31C2. The lowest BCUT2D eigenvalue weighted by Crippen LogP contribution is -2.06. The van der Waals surface area contributed by atoms with E-state index in [4.69, 9.17) is 0 Å². The van der Waals surface area contributed by atoms with Gasteiger partial charge in [-0.05, 0) is 48.3 Å². The normalized spacial score (nSPS) is 59.5. The second kappa shape index (κ2) is 1.91. The molecule has 3 saturated carbocycles. The maximum absolute atomic E-state index is 2.39. The zero-order valence-electron chi connectivity index (χ0n) is 8.40. The number of rotatable bonds is 3. The van der Waals surface area contributed by atoms with Gasteiger partial charge in [0, 0.05) is 0 Å². The molecule has 0 nitrogen and oxygen atoms in total. The van der Waals surface area contributed by atoms with Crippen molar-refractivity contribution in [2.24, 2.45) is 22.7 Å². The van der Waals surface area contributed by atoms with Crippen LogP contribution in [0, 0.1) is 22.7 Å². The minimum Gasteiger partial charge on any atom is -0.0654 e. The molecule has 0 aromatic heterocycles. The molecule has 1 spiro atoms. The smallest absolute Gasteiger partial charge is 0.0201 e. The van der Waals surface area contributed by atoms with Crippen LogP contribution in [-0.2, 0) is 0 Å². The lowest BCUT2D eigenvalue weighted by Gasteiger charge is -2.17. The van der Waals surface area contributed by atoms with Gasteiger partial charge in [-0.2, -0.15) is 0 Å². The Hall–Kier alpha value is 0. The van der Waals surface area contributed by atoms with Crippen LogP contribution in [0.3, 0.4) is 0 Å². The predicted molar refractivity (Wildman–Crippen MR) is 50.9 cm³/mol. The average molecular weight is 164 g/mol. The molecule has 68 valence electrons. The van der Waals surface area contributed by atoms with Gasteiger partial charge in [0.05, 0.1) is 0 Å². The molecular formula is C12H20. The van der Waals surface area contributed by atoms with Crippen LogP contribution in [0.25, 0.3) is 0 Å². The van der Waals surface area contributed by atoms with Crippen LogP contribution in [-0.4, -0.2) is 0 Å². The van der Waals surface area contributed by atoms with Crippen LogP contribution in [0.4, 0.5) is 0 Å². The van der Waals surface area contributed by atoms with Crippen molar-refractivity contribution in [1.29, 1.82) is 0 Å². The summed E-state index contributed by atoms with van der Waals surface area (Å²) in [5, 5.41) is 0. The van der Waals surface area contributed by atoms with E-state index in [1.807, 2.05) is 0 Å². The molecule has 3 aliphatic rings. The third-order valence-corrected chi connectivity index (χ3v) is 5.19. The second-order valence-corrected chi connectivity index (χ2v) is 5.55. The Morgan fingerprint density at radius 1 is 1.25 bits per heavy atom. The van der Waals surface area contributed by atoms with Crippen molar-refractivity contribution in [3.05, 3.63) is 0 Å². The minimum atomic E-state index is 0.896. The van der Waals surface area contributed by atoms with E-state index in [9.17, 15) is 0 Å². The lowest BCUT2D eigenvalue weighted by molar-refractivity contribution is 0.339. The van der Waals surface area contributed by atoms with Gasteiger partial charge in [0.25, 0.3) is 0 Å². The summed E-state index contributed by atoms with van der Waals surface area (Å²) in [5.41, 5.74) is 1.84. The zero-order valence-corrected chi connectivity index (χ0v) is 8.40. The van der Waals surface area contributed by atoms with Gasteiger partial charge in [-0.15, -0.1) is 0 Å². The lowest BCUT2D eigenvalue weighted by atomic mass is 9.88. The first-order valence-electron chi connectivity index (χ1n) is 5.78. The third kappa shape index (κ3) is 0.592. The van der Waals surface area contributed by atoms with Gasteiger partial charge in [-0.3, -0.25) is 0 Å². The highest BCUT2D eigenvalue weighted by atomic mass is 14.9. The molecule has 0 aromatic rings. The number of hydrogen-bond acceptors (Lipinski definition) is 0. The average Bonchev–Trinajstić information content (AvgIpc) is 2.89. The van der Waals surface area contributed by atoms with Crippen molar-refractivity contribution >= 4 is 0 Å². The van der Waals surface area contributed by atoms with Crippen molar-refractivity contribution in [2.45, 2.75) is 52.4 Å². The standard InChI is InChI=1S/C12H20/c1-3-5-11-6-9(4-2)10-7-12(10,11)8-11/h9-10H,3-8H2,1-2H3. The maximum atomic E-state index is 2.39. The molecule has 0 aliphatic heterocycles. The molecule has 0 bridgehead atoms. The van der Waals surface area contributed by atoms with Crippen LogP contribution in [0.15, 0.2) is 0 Å². The van der Waals surface area contributed by atoms with Crippen molar-refractivity contribution < 1.29 is 0 Å². The fraction of sp³-hybridized carbons (Fsp3) is 1.00. The monoisotopic (exact) mass is 164 g/mol. The Kier molecular flexibility index (Phi) is 1.18. The van der Waals surface area contributed by atoms with Crippen molar-refractivity contribution in [2.75, 3.05) is 0 Å². The predicted octanol–water partition coefficient (Wildman–Crippen LogP) is 3.61. The molecule has 0 aromatic carbocycles. The summed E-state index contributed by atoms with van der Waals surface area (Å²) in [4.78, 5) is 0. The largest absolute Gasteiger partial charge is 0.0654 e. The van der Waals surface area contributed by atoms with E-state index in [0.717, 1.165) is 16.7 Å². The maximum Gasteiger partial charge on any atom is -0.0201 e. The molecule has 3 fully saturated rings. The van der Waals surface area contributed by atoms with Gasteiger partial charge >= 0.3 is 0 Å². The van der Waals surface area contributed by atoms with Crippen molar-refractivity contribution in [3.8, 4) is 0 Å². The Morgan fingerprint density at radius 2 is 2.08 bits per heavy atom. The molecular weight excluding hydrogens is 144 g/mol. The fourth-order valence-corrected chi connectivity index (χ4v) is 4.59. The van der Waals surface area contributed by atoms with E-state index >= 15 is 0 Å². The van der Waals surface area contributed by atoms with Crippen molar-refractivity contribution in [3.63, 3.8) is 0 Å². The quantitative estimate of drug-likeness (QED) is 0.597. The summed E-state index contributed by atoms with van der Waals surface area (Å²) >= 11 is 0. The summed E-state index contributed by atoms with van der Waals surface area (Å²) < 4.78 is 0. The van der Waals surface area contributed by atoms with Crippen molar-refractivity contribution in [1.82, 2.24) is 0 Å². The molecule has 3 rings (SSSR count). The van der Waals surface area contributed by atoms with Gasteiger partial charge in [-0.1, -0.05) is 26.7 Å². The summed E-state index contributed by atoms with van der Waals surface area (Å²) in [7, 11) is 0. The van der Waals surface area contributed by atoms with E-state index in [1.165, 1.54) is 18.8 Å². The van der Waals surface area contributed by atoms with Crippen LogP contribution in [0.5, 0.6) is 0 Å². The highest BCUT2D eigenvalue weighted by Crippen LogP contribution is 2.91. The number of hydrogen-bond donors (Lipinski definition) is 0. The molecule has 0 heteroatoms. The van der Waals surface area contributed by atoms with Crippen LogP contribution < -0.4 is 0 Å². The van der Waals surface area contributed by atoms with Crippen LogP contribution >= 0.6 is 0 Å². The topological polar surface area (TPSA) is 0 Å². The second-order valence-electron chi connectivity index (χ2n) is 5.55. The van der Waals surface area contributed by atoms with Crippen LogP contribution in [0.1, 0.15) is 52.4 Å². The first-order valence-corrected chi connectivity index (χ1v) is 5.78. The van der Waals surface area contributed by atoms with Gasteiger partial charge in [0.15, 0.2) is 0 Å². The highest BCUT2D eigenvalue weighted by Gasteiger charge is 2.83. The van der Waals surface area contributed by atoms with E-state index in [-0.39, 0.29) is 0 Å². The Balaban J connectivity index is 1.79. The molecule has 4 unspecified atom stereocenters. The highest BCUT2D eigenvalue weighted by molar-refractivity contribution is 5.32. The molecule has 0 saturated heterocycles. The van der Waals surface area contributed by atoms with Gasteiger partial charge < -0.3 is 0 Å². The summed E-state index contributed by atoms with van der Waals surface area (Å²) in [6.45, 7) is 4.75. The summed E-state index contributed by atoms with van der Waals surface area (Å²) in [6, 6.07) is 0. The molecule has 0 amide bonds. The van der Waals surface area contributed by atoms with Gasteiger partial charge in [0.2, 0.25) is 0 Å². The fourth-order valence-electron chi connectivity index (χ4n) is 4.59. The molecule has 0 radical (unpaired) electrons. The summed E-state index contributed by atoms with van der Waals surface area (Å²) in [6.07, 6.45) is 9.26. The molecule has 12 heavy (non-hydrogen) atoms. The van der Waals surface area contributed by atoms with Crippen LogP contribution in [0.2, 0.25) is 0 Å². The van der Waals surface area contributed by atoms with E-state index in [2.05, 4.69) is 13.8 Å². The third-order valence-electron chi connectivity index (χ3n) is 5.19. The molecule has 3 aliphatic carbocycles. The van der Waals surface area contributed by atoms with E-state index < -0.39 is 0 Å². The minimum absolute atomic E-state index is 0.896. The molecule has 0 heterocycles. The first-order chi connectivity index (χ1) is 5.78. The molecule has 0 N–H and O–H groups in total. The van der Waals surface area contributed by atoms with E-state index in [0.29, 0.717) is 0 Å². The Bertz CT molecular complexity index is 220.